The molecular formula is C9H11BrN2O4. The van der Waals surface area contributed by atoms with Crippen LogP contribution in [0, 0.1) is 10.1 Å². The van der Waals surface area contributed by atoms with Gasteiger partial charge in [0, 0.05) is 23.7 Å². The summed E-state index contributed by atoms with van der Waals surface area (Å²) < 4.78 is 0. The lowest BCUT2D eigenvalue weighted by molar-refractivity contribution is -0.385. The molecule has 0 aliphatic carbocycles. The zero-order valence-electron chi connectivity index (χ0n) is 8.28. The molecule has 2 unspecified atom stereocenters. The molecule has 7 heteroatoms. The zero-order valence-corrected chi connectivity index (χ0v) is 9.87. The van der Waals surface area contributed by atoms with E-state index in [0.717, 1.165) is 6.07 Å². The van der Waals surface area contributed by atoms with Gasteiger partial charge in [0.15, 0.2) is 0 Å². The van der Waals surface area contributed by atoms with Crippen LogP contribution >= 0.6 is 15.9 Å². The number of nitrogens with zero attached hydrogens (tertiary/aromatic N) is 2. The molecule has 88 valence electrons. The molecule has 2 N–H and O–H groups in total. The van der Waals surface area contributed by atoms with Crippen LogP contribution in [-0.2, 0) is 0 Å². The summed E-state index contributed by atoms with van der Waals surface area (Å²) >= 11 is 3.13. The van der Waals surface area contributed by atoms with Gasteiger partial charge in [-0.2, -0.15) is 0 Å². The van der Waals surface area contributed by atoms with E-state index in [1.807, 2.05) is 0 Å². The summed E-state index contributed by atoms with van der Waals surface area (Å²) in [4.78, 5) is 13.7. The smallest absolute Gasteiger partial charge is 0.272 e. The molecule has 0 saturated heterocycles. The van der Waals surface area contributed by atoms with Crippen LogP contribution in [0.1, 0.15) is 18.2 Å². The summed E-state index contributed by atoms with van der Waals surface area (Å²) in [6, 6.07) is 2.38. The van der Waals surface area contributed by atoms with Gasteiger partial charge >= 0.3 is 0 Å². The fourth-order valence-electron chi connectivity index (χ4n) is 1.18. The van der Waals surface area contributed by atoms with E-state index in [9.17, 15) is 20.3 Å². The maximum absolute atomic E-state index is 10.5. The highest BCUT2D eigenvalue weighted by Crippen LogP contribution is 2.21. The molecule has 1 aromatic rings. The van der Waals surface area contributed by atoms with Crippen molar-refractivity contribution >= 4 is 21.6 Å². The van der Waals surface area contributed by atoms with Crippen molar-refractivity contribution in [1.82, 2.24) is 4.98 Å². The summed E-state index contributed by atoms with van der Waals surface area (Å²) in [6.45, 7) is 0. The Morgan fingerprint density at radius 1 is 1.56 bits per heavy atom. The average molecular weight is 291 g/mol. The third-order valence-corrected chi connectivity index (χ3v) is 2.51. The zero-order chi connectivity index (χ0) is 12.1. The summed E-state index contributed by atoms with van der Waals surface area (Å²) in [6.07, 6.45) is -0.630. The Morgan fingerprint density at radius 3 is 2.81 bits per heavy atom. The molecule has 0 aromatic carbocycles. The Morgan fingerprint density at radius 2 is 2.25 bits per heavy atom. The van der Waals surface area contributed by atoms with Crippen LogP contribution in [0.4, 0.5) is 5.69 Å². The van der Waals surface area contributed by atoms with Crippen LogP contribution in [0.25, 0.3) is 0 Å². The number of aromatic nitrogens is 1. The minimum Gasteiger partial charge on any atom is -0.390 e. The number of aliphatic hydroxyl groups excluding tert-OH is 2. The molecule has 2 atom stereocenters. The van der Waals surface area contributed by atoms with E-state index in [2.05, 4.69) is 20.9 Å². The van der Waals surface area contributed by atoms with Crippen molar-refractivity contribution in [3.05, 3.63) is 34.1 Å². The van der Waals surface area contributed by atoms with E-state index in [1.165, 1.54) is 12.3 Å². The van der Waals surface area contributed by atoms with Crippen LogP contribution in [0.5, 0.6) is 0 Å². The lowest BCUT2D eigenvalue weighted by Crippen LogP contribution is -2.19. The van der Waals surface area contributed by atoms with Gasteiger partial charge < -0.3 is 10.2 Å². The van der Waals surface area contributed by atoms with Crippen molar-refractivity contribution in [3.63, 3.8) is 0 Å². The molecule has 0 saturated carbocycles. The minimum atomic E-state index is -1.21. The van der Waals surface area contributed by atoms with E-state index >= 15 is 0 Å². The van der Waals surface area contributed by atoms with Crippen LogP contribution < -0.4 is 0 Å². The molecule has 1 aromatic heterocycles. The molecule has 0 bridgehead atoms. The van der Waals surface area contributed by atoms with Crippen LogP contribution in [-0.4, -0.2) is 31.6 Å². The van der Waals surface area contributed by atoms with E-state index < -0.39 is 17.1 Å². The Labute approximate surface area is 100 Å². The molecule has 0 aliphatic rings. The van der Waals surface area contributed by atoms with Gasteiger partial charge in [-0.05, 0) is 6.42 Å². The molecule has 6 nitrogen and oxygen atoms in total. The maximum atomic E-state index is 10.5. The second-order valence-corrected chi connectivity index (χ2v) is 3.98. The predicted molar refractivity (Wildman–Crippen MR) is 60.3 cm³/mol. The Kier molecular flexibility index (Phi) is 4.78. The highest BCUT2D eigenvalue weighted by molar-refractivity contribution is 9.09. The second kappa shape index (κ2) is 5.88. The van der Waals surface area contributed by atoms with Crippen molar-refractivity contribution in [2.24, 2.45) is 0 Å². The van der Waals surface area contributed by atoms with E-state index in [0.29, 0.717) is 11.8 Å². The van der Waals surface area contributed by atoms with Gasteiger partial charge in [-0.25, -0.2) is 0 Å². The van der Waals surface area contributed by atoms with Gasteiger partial charge in [0.25, 0.3) is 5.69 Å². The van der Waals surface area contributed by atoms with Gasteiger partial charge in [0.05, 0.1) is 16.7 Å². The highest BCUT2D eigenvalue weighted by Gasteiger charge is 2.20. The summed E-state index contributed by atoms with van der Waals surface area (Å²) in [5, 5.41) is 30.2. The van der Waals surface area contributed by atoms with Gasteiger partial charge in [0.2, 0.25) is 0 Å². The molecule has 1 heterocycles. The molecule has 0 radical (unpaired) electrons. The number of aliphatic hydroxyl groups is 2. The van der Waals surface area contributed by atoms with Gasteiger partial charge in [-0.1, -0.05) is 15.9 Å². The topological polar surface area (TPSA) is 96.5 Å². The summed E-state index contributed by atoms with van der Waals surface area (Å²) in [7, 11) is 0. The first-order valence-electron chi connectivity index (χ1n) is 4.58. The highest BCUT2D eigenvalue weighted by atomic mass is 79.9. The van der Waals surface area contributed by atoms with Crippen LogP contribution in [0.3, 0.4) is 0 Å². The minimum absolute atomic E-state index is 0.0997. The number of rotatable bonds is 5. The fraction of sp³-hybridized carbons (Fsp3) is 0.444. The van der Waals surface area contributed by atoms with Crippen molar-refractivity contribution in [2.75, 3.05) is 5.33 Å². The first-order chi connectivity index (χ1) is 7.56. The number of hydrogen-bond acceptors (Lipinski definition) is 5. The Bertz CT molecular complexity index is 374. The quantitative estimate of drug-likeness (QED) is 0.482. The van der Waals surface area contributed by atoms with Crippen molar-refractivity contribution < 1.29 is 15.1 Å². The van der Waals surface area contributed by atoms with Crippen molar-refractivity contribution in [3.8, 4) is 0 Å². The molecule has 1 rings (SSSR count). The first kappa shape index (κ1) is 13.0. The van der Waals surface area contributed by atoms with Gasteiger partial charge in [0.1, 0.15) is 6.10 Å². The number of halogens is 1. The van der Waals surface area contributed by atoms with Crippen LogP contribution in [0.2, 0.25) is 0 Å². The number of nitro groups is 1. The standard InChI is InChI=1S/C9H11BrN2O4/c10-3-1-8(13)9(14)7-5-6(12(15)16)2-4-11-7/h2,4-5,8-9,13-14H,1,3H2. The monoisotopic (exact) mass is 290 g/mol. The molecule has 0 aliphatic heterocycles. The second-order valence-electron chi connectivity index (χ2n) is 3.19. The number of alkyl halides is 1. The fourth-order valence-corrected chi connectivity index (χ4v) is 1.65. The predicted octanol–water partition coefficient (Wildman–Crippen LogP) is 1.17. The largest absolute Gasteiger partial charge is 0.390 e. The average Bonchev–Trinajstić information content (AvgIpc) is 2.28. The molecular weight excluding hydrogens is 280 g/mol. The van der Waals surface area contributed by atoms with Gasteiger partial charge in [-0.15, -0.1) is 0 Å². The summed E-state index contributed by atoms with van der Waals surface area (Å²) in [5.41, 5.74) is -0.0576. The number of hydrogen-bond donors (Lipinski definition) is 2. The van der Waals surface area contributed by atoms with E-state index in [-0.39, 0.29) is 11.4 Å². The first-order valence-corrected chi connectivity index (χ1v) is 5.71. The van der Waals surface area contributed by atoms with Crippen LogP contribution in [0.15, 0.2) is 18.3 Å². The van der Waals surface area contributed by atoms with E-state index in [4.69, 9.17) is 0 Å². The summed E-state index contributed by atoms with van der Waals surface area (Å²) in [5.74, 6) is 0. The molecule has 16 heavy (non-hydrogen) atoms. The third-order valence-electron chi connectivity index (χ3n) is 2.05. The SMILES string of the molecule is O=[N+]([O-])c1ccnc(C(O)C(O)CCBr)c1. The lowest BCUT2D eigenvalue weighted by atomic mass is 10.1. The van der Waals surface area contributed by atoms with Crippen molar-refractivity contribution in [1.29, 1.82) is 0 Å². The molecule has 0 spiro atoms. The van der Waals surface area contributed by atoms with Crippen molar-refractivity contribution in [2.45, 2.75) is 18.6 Å². The number of pyridine rings is 1. The van der Waals surface area contributed by atoms with E-state index in [1.54, 1.807) is 0 Å². The Balaban J connectivity index is 2.86. The maximum Gasteiger partial charge on any atom is 0.272 e. The normalized spacial score (nSPS) is 14.4. The lowest BCUT2D eigenvalue weighted by Gasteiger charge is -2.15. The third kappa shape index (κ3) is 3.22. The molecule has 0 amide bonds. The molecule has 0 fully saturated rings. The van der Waals surface area contributed by atoms with Gasteiger partial charge in [-0.3, -0.25) is 15.1 Å². The Hall–Kier alpha value is -1.05.